The summed E-state index contributed by atoms with van der Waals surface area (Å²) in [5.74, 6) is 5.74. The third kappa shape index (κ3) is 3.08. The van der Waals surface area contributed by atoms with Crippen molar-refractivity contribution in [3.63, 3.8) is 0 Å². The van der Waals surface area contributed by atoms with E-state index in [2.05, 4.69) is 37.9 Å². The van der Waals surface area contributed by atoms with Gasteiger partial charge in [-0.05, 0) is 36.4 Å². The molecule has 4 aromatic rings. The van der Waals surface area contributed by atoms with Crippen LogP contribution in [0.4, 0.5) is 4.79 Å². The van der Waals surface area contributed by atoms with Gasteiger partial charge in [-0.2, -0.15) is 15.4 Å². The van der Waals surface area contributed by atoms with E-state index in [1.807, 2.05) is 0 Å². The van der Waals surface area contributed by atoms with Crippen LogP contribution < -0.4 is 15.4 Å². The van der Waals surface area contributed by atoms with Gasteiger partial charge in [0.2, 0.25) is 5.54 Å². The lowest BCUT2D eigenvalue weighted by atomic mass is 9.99. The number of urea groups is 1. The molecule has 5 rings (SSSR count). The number of benzene rings is 2. The number of nitrogens with zero attached hydrogens (tertiary/aromatic N) is 3. The molecule has 2 aromatic heterocycles. The highest BCUT2D eigenvalue weighted by atomic mass is 16.5. The summed E-state index contributed by atoms with van der Waals surface area (Å²) in [4.78, 5) is 24.6. The molecule has 0 spiro atoms. The fourth-order valence-corrected chi connectivity index (χ4v) is 3.56. The Bertz CT molecular complexity index is 1430. The summed E-state index contributed by atoms with van der Waals surface area (Å²) < 4.78 is 6.68. The van der Waals surface area contributed by atoms with Gasteiger partial charge in [0, 0.05) is 22.5 Å². The van der Waals surface area contributed by atoms with Crippen LogP contribution in [0.5, 0.6) is 11.6 Å². The Morgan fingerprint density at radius 3 is 2.77 bits per heavy atom. The smallest absolute Gasteiger partial charge is 0.323 e. The first-order valence-corrected chi connectivity index (χ1v) is 9.30. The van der Waals surface area contributed by atoms with Gasteiger partial charge in [-0.1, -0.05) is 11.8 Å². The average molecular weight is 416 g/mol. The van der Waals surface area contributed by atoms with Gasteiger partial charge in [-0.25, -0.2) is 4.79 Å². The van der Waals surface area contributed by atoms with E-state index in [-0.39, 0.29) is 12.4 Å². The molecule has 1 aliphatic rings. The van der Waals surface area contributed by atoms with E-state index in [1.165, 1.54) is 11.7 Å². The van der Waals surface area contributed by atoms with Crippen LogP contribution in [0.3, 0.4) is 0 Å². The van der Waals surface area contributed by atoms with Crippen molar-refractivity contribution < 1.29 is 19.4 Å². The van der Waals surface area contributed by atoms with Gasteiger partial charge >= 0.3 is 6.03 Å². The number of H-pyrrole nitrogens is 1. The molecule has 0 radical (unpaired) electrons. The lowest BCUT2D eigenvalue weighted by Gasteiger charge is -2.20. The van der Waals surface area contributed by atoms with Gasteiger partial charge in [0.25, 0.3) is 5.91 Å². The van der Waals surface area contributed by atoms with E-state index >= 15 is 0 Å². The molecule has 0 aliphatic carbocycles. The highest BCUT2D eigenvalue weighted by molar-refractivity contribution is 6.09. The molecular formula is C21H16N6O4. The minimum atomic E-state index is -1.56. The molecule has 1 saturated heterocycles. The summed E-state index contributed by atoms with van der Waals surface area (Å²) in [5, 5.41) is 27.4. The van der Waals surface area contributed by atoms with Crippen LogP contribution in [0.15, 0.2) is 42.6 Å². The van der Waals surface area contributed by atoms with E-state index in [0.29, 0.717) is 27.7 Å². The third-order valence-electron chi connectivity index (χ3n) is 5.15. The number of aromatic hydroxyl groups is 1. The number of fused-ring (bicyclic) bond motifs is 2. The van der Waals surface area contributed by atoms with Gasteiger partial charge in [-0.3, -0.25) is 10.1 Å². The number of aromatic amines is 1. The molecule has 31 heavy (non-hydrogen) atoms. The highest BCUT2D eigenvalue weighted by Crippen LogP contribution is 2.32. The van der Waals surface area contributed by atoms with Gasteiger partial charge in [-0.15, -0.1) is 0 Å². The fraction of sp³-hybridized carbons (Fsp3) is 0.143. The van der Waals surface area contributed by atoms with Crippen molar-refractivity contribution in [1.29, 1.82) is 0 Å². The quantitative estimate of drug-likeness (QED) is 0.293. The number of imide groups is 1. The molecule has 1 aliphatic heterocycles. The van der Waals surface area contributed by atoms with Crippen LogP contribution in [0.1, 0.15) is 5.56 Å². The summed E-state index contributed by atoms with van der Waals surface area (Å²) in [6, 6.07) is 9.83. The Kier molecular flexibility index (Phi) is 4.04. The van der Waals surface area contributed by atoms with E-state index in [9.17, 15) is 14.7 Å². The SMILES string of the molecule is COc1ccc2cn(C[C@@]3(C#Cc4ccc5n[nH]nc5c4)NC(=O)NC3=O)c(O)c2c1. The molecule has 10 nitrogen and oxygen atoms in total. The van der Waals surface area contributed by atoms with Crippen molar-refractivity contribution in [2.24, 2.45) is 0 Å². The Hall–Kier alpha value is -4.52. The first-order chi connectivity index (χ1) is 15.0. The van der Waals surface area contributed by atoms with E-state index < -0.39 is 17.5 Å². The predicted octanol–water partition coefficient (Wildman–Crippen LogP) is 1.26. The molecule has 10 heteroatoms. The van der Waals surface area contributed by atoms with Crippen molar-refractivity contribution in [1.82, 2.24) is 30.6 Å². The topological polar surface area (TPSA) is 134 Å². The highest BCUT2D eigenvalue weighted by Gasteiger charge is 2.46. The number of ether oxygens (including phenoxy) is 1. The Balaban J connectivity index is 1.56. The molecule has 0 saturated carbocycles. The lowest BCUT2D eigenvalue weighted by Crippen LogP contribution is -2.49. The lowest BCUT2D eigenvalue weighted by molar-refractivity contribution is -0.122. The molecule has 4 N–H and O–H groups in total. The van der Waals surface area contributed by atoms with Crippen molar-refractivity contribution in [3.8, 4) is 23.5 Å². The summed E-state index contributed by atoms with van der Waals surface area (Å²) in [7, 11) is 1.54. The maximum atomic E-state index is 12.7. The molecular weight excluding hydrogens is 400 g/mol. The van der Waals surface area contributed by atoms with Crippen LogP contribution in [0.2, 0.25) is 0 Å². The third-order valence-corrected chi connectivity index (χ3v) is 5.15. The zero-order valence-corrected chi connectivity index (χ0v) is 16.3. The summed E-state index contributed by atoms with van der Waals surface area (Å²) >= 11 is 0. The average Bonchev–Trinajstić information content (AvgIpc) is 3.43. The van der Waals surface area contributed by atoms with Gasteiger partial charge in [0.05, 0.1) is 13.7 Å². The molecule has 0 unspecified atom stereocenters. The number of aromatic nitrogens is 4. The molecule has 1 atom stereocenters. The number of carbonyl (C=O) groups excluding carboxylic acids is 2. The summed E-state index contributed by atoms with van der Waals surface area (Å²) in [5.41, 5.74) is 0.351. The molecule has 3 amide bonds. The number of amides is 3. The van der Waals surface area contributed by atoms with Crippen LogP contribution in [0.25, 0.3) is 21.8 Å². The standard InChI is InChI=1S/C21H16N6O4/c1-31-14-4-3-13-10-27(18(28)15(13)9-14)11-21(19(29)22-20(30)23-21)7-6-12-2-5-16-17(8-12)25-26-24-16/h2-5,8-10,28H,11H2,1H3,(H,24,25,26)(H2,22,23,29,30)/t21-/m1/s1. The number of hydrogen-bond donors (Lipinski definition) is 4. The molecule has 154 valence electrons. The largest absolute Gasteiger partial charge is 0.497 e. The molecule has 3 heterocycles. The van der Waals surface area contributed by atoms with Gasteiger partial charge < -0.3 is 19.7 Å². The van der Waals surface area contributed by atoms with Crippen LogP contribution >= 0.6 is 0 Å². The zero-order chi connectivity index (χ0) is 21.6. The van der Waals surface area contributed by atoms with Crippen molar-refractivity contribution in [3.05, 3.63) is 48.2 Å². The monoisotopic (exact) mass is 416 g/mol. The Labute approximate surface area is 175 Å². The zero-order valence-electron chi connectivity index (χ0n) is 16.3. The second kappa shape index (κ2) is 6.77. The summed E-state index contributed by atoms with van der Waals surface area (Å²) in [6.07, 6.45) is 1.69. The van der Waals surface area contributed by atoms with E-state index in [4.69, 9.17) is 4.74 Å². The maximum absolute atomic E-state index is 12.7. The molecule has 2 aromatic carbocycles. The van der Waals surface area contributed by atoms with Crippen LogP contribution in [-0.2, 0) is 11.3 Å². The predicted molar refractivity (Wildman–Crippen MR) is 110 cm³/mol. The van der Waals surface area contributed by atoms with Gasteiger partial charge in [0.15, 0.2) is 5.88 Å². The second-order valence-electron chi connectivity index (χ2n) is 7.12. The second-order valence-corrected chi connectivity index (χ2v) is 7.12. The van der Waals surface area contributed by atoms with Gasteiger partial charge in [0.1, 0.15) is 16.8 Å². The number of rotatable bonds is 3. The first kappa shape index (κ1) is 18.5. The number of hydrogen-bond acceptors (Lipinski definition) is 6. The molecule has 1 fully saturated rings. The van der Waals surface area contributed by atoms with Crippen molar-refractivity contribution in [2.75, 3.05) is 7.11 Å². The maximum Gasteiger partial charge on any atom is 0.323 e. The number of methoxy groups -OCH3 is 1. The molecule has 0 bridgehead atoms. The Morgan fingerprint density at radius 2 is 2.00 bits per heavy atom. The van der Waals surface area contributed by atoms with Crippen LogP contribution in [-0.4, -0.2) is 49.7 Å². The number of nitrogens with one attached hydrogen (secondary N) is 3. The van der Waals surface area contributed by atoms with E-state index in [0.717, 1.165) is 5.39 Å². The Morgan fingerprint density at radius 1 is 1.16 bits per heavy atom. The summed E-state index contributed by atoms with van der Waals surface area (Å²) in [6.45, 7) is -0.0907. The minimum Gasteiger partial charge on any atom is -0.497 e. The normalized spacial score (nSPS) is 18.0. The number of carbonyl (C=O) groups is 2. The fourth-order valence-electron chi connectivity index (χ4n) is 3.56. The van der Waals surface area contributed by atoms with Crippen LogP contribution in [0, 0.1) is 11.8 Å². The van der Waals surface area contributed by atoms with E-state index in [1.54, 1.807) is 42.6 Å². The first-order valence-electron chi connectivity index (χ1n) is 9.30. The minimum absolute atomic E-state index is 0.0620. The van der Waals surface area contributed by atoms with Crippen molar-refractivity contribution in [2.45, 2.75) is 12.1 Å². The van der Waals surface area contributed by atoms with Crippen molar-refractivity contribution >= 4 is 33.7 Å².